The van der Waals surface area contributed by atoms with Gasteiger partial charge >= 0.3 is 0 Å². The summed E-state index contributed by atoms with van der Waals surface area (Å²) in [5, 5.41) is 11.2. The maximum absolute atomic E-state index is 10.5. The predicted octanol–water partition coefficient (Wildman–Crippen LogP) is 3.85. The molecule has 0 fully saturated rings. The maximum atomic E-state index is 10.5. The molecule has 0 saturated carbocycles. The van der Waals surface area contributed by atoms with Crippen molar-refractivity contribution in [1.29, 1.82) is 0 Å². The summed E-state index contributed by atoms with van der Waals surface area (Å²) in [6.07, 6.45) is -0.864. The molecule has 0 bridgehead atoms. The van der Waals surface area contributed by atoms with Gasteiger partial charge in [-0.25, -0.2) is 0 Å². The van der Waals surface area contributed by atoms with Crippen LogP contribution in [0.2, 0.25) is 10.0 Å². The third kappa shape index (κ3) is 2.44. The lowest BCUT2D eigenvalue weighted by molar-refractivity contribution is 0.169. The van der Waals surface area contributed by atoms with Crippen molar-refractivity contribution >= 4 is 23.2 Å². The van der Waals surface area contributed by atoms with Crippen LogP contribution in [0.3, 0.4) is 0 Å². The summed E-state index contributed by atoms with van der Waals surface area (Å²) in [6, 6.07) is 10.5. The second kappa shape index (κ2) is 5.52. The molecule has 20 heavy (non-hydrogen) atoms. The summed E-state index contributed by atoms with van der Waals surface area (Å²) in [4.78, 5) is 0. The Morgan fingerprint density at radius 1 is 1.00 bits per heavy atom. The van der Waals surface area contributed by atoms with E-state index in [-0.39, 0.29) is 0 Å². The Morgan fingerprint density at radius 2 is 1.75 bits per heavy atom. The van der Waals surface area contributed by atoms with Crippen LogP contribution >= 0.6 is 23.2 Å². The second-order valence-electron chi connectivity index (χ2n) is 4.45. The van der Waals surface area contributed by atoms with Gasteiger partial charge in [-0.1, -0.05) is 41.4 Å². The Kier molecular flexibility index (Phi) is 3.74. The summed E-state index contributed by atoms with van der Waals surface area (Å²) in [7, 11) is 0. The molecule has 3 nitrogen and oxygen atoms in total. The number of hydrogen-bond acceptors (Lipinski definition) is 3. The minimum Gasteiger partial charge on any atom is -0.486 e. The number of aliphatic hydroxyl groups is 1. The van der Waals surface area contributed by atoms with Crippen molar-refractivity contribution in [3.63, 3.8) is 0 Å². The first-order valence-electron chi connectivity index (χ1n) is 6.18. The van der Waals surface area contributed by atoms with Crippen LogP contribution in [0.5, 0.6) is 11.5 Å². The zero-order chi connectivity index (χ0) is 14.1. The lowest BCUT2D eigenvalue weighted by atomic mass is 10.0. The predicted molar refractivity (Wildman–Crippen MR) is 78.0 cm³/mol. The highest BCUT2D eigenvalue weighted by Gasteiger charge is 2.19. The fourth-order valence-electron chi connectivity index (χ4n) is 2.14. The van der Waals surface area contributed by atoms with Crippen molar-refractivity contribution in [2.45, 2.75) is 6.10 Å². The van der Waals surface area contributed by atoms with Gasteiger partial charge in [0.05, 0.1) is 10.0 Å². The normalized spacial score (nSPS) is 14.9. The van der Waals surface area contributed by atoms with E-state index in [0.29, 0.717) is 45.9 Å². The smallest absolute Gasteiger partial charge is 0.161 e. The molecule has 2 aromatic rings. The average Bonchev–Trinajstić information content (AvgIpc) is 2.49. The highest BCUT2D eigenvalue weighted by molar-refractivity contribution is 6.42. The van der Waals surface area contributed by atoms with Crippen LogP contribution in [0.25, 0.3) is 0 Å². The third-order valence-corrected chi connectivity index (χ3v) is 3.99. The number of aliphatic hydroxyl groups excluding tert-OH is 1. The minimum atomic E-state index is -0.864. The summed E-state index contributed by atoms with van der Waals surface area (Å²) >= 11 is 12.1. The Balaban J connectivity index is 1.98. The molecular weight excluding hydrogens is 299 g/mol. The molecule has 2 aromatic carbocycles. The molecule has 0 amide bonds. The summed E-state index contributed by atoms with van der Waals surface area (Å²) < 4.78 is 11.0. The molecule has 1 aliphatic heterocycles. The molecule has 0 radical (unpaired) electrons. The fourth-order valence-corrected chi connectivity index (χ4v) is 2.55. The topological polar surface area (TPSA) is 38.7 Å². The van der Waals surface area contributed by atoms with Gasteiger partial charge in [0.1, 0.15) is 19.3 Å². The number of benzene rings is 2. The Morgan fingerprint density at radius 3 is 2.55 bits per heavy atom. The van der Waals surface area contributed by atoms with Crippen molar-refractivity contribution in [1.82, 2.24) is 0 Å². The Bertz CT molecular complexity index is 643. The Hall–Kier alpha value is -1.42. The largest absolute Gasteiger partial charge is 0.486 e. The van der Waals surface area contributed by atoms with Crippen LogP contribution in [0.15, 0.2) is 36.4 Å². The first kappa shape index (κ1) is 13.6. The van der Waals surface area contributed by atoms with Crippen LogP contribution in [0.4, 0.5) is 0 Å². The molecule has 1 aliphatic rings. The lowest BCUT2D eigenvalue weighted by Gasteiger charge is -2.20. The van der Waals surface area contributed by atoms with E-state index in [2.05, 4.69) is 0 Å². The molecule has 1 N–H and O–H groups in total. The summed E-state index contributed by atoms with van der Waals surface area (Å²) in [5.74, 6) is 1.32. The standard InChI is InChI=1S/C15H12Cl2O3/c16-11-3-1-2-10(14(11)17)15(18)9-4-5-12-13(8-9)20-7-6-19-12/h1-5,8,15,18H,6-7H2. The number of halogens is 2. The average molecular weight is 311 g/mol. The van der Waals surface area contributed by atoms with Gasteiger partial charge in [0.2, 0.25) is 0 Å². The molecule has 1 heterocycles. The molecule has 1 unspecified atom stereocenters. The van der Waals surface area contributed by atoms with Gasteiger partial charge < -0.3 is 14.6 Å². The highest BCUT2D eigenvalue weighted by atomic mass is 35.5. The lowest BCUT2D eigenvalue weighted by Crippen LogP contribution is -2.15. The van der Waals surface area contributed by atoms with E-state index in [4.69, 9.17) is 32.7 Å². The molecule has 0 aliphatic carbocycles. The van der Waals surface area contributed by atoms with Gasteiger partial charge in [0, 0.05) is 5.56 Å². The zero-order valence-electron chi connectivity index (χ0n) is 10.5. The minimum absolute atomic E-state index is 0.358. The van der Waals surface area contributed by atoms with Gasteiger partial charge in [0.15, 0.2) is 11.5 Å². The van der Waals surface area contributed by atoms with E-state index < -0.39 is 6.10 Å². The van der Waals surface area contributed by atoms with Crippen LogP contribution in [0, 0.1) is 0 Å². The summed E-state index contributed by atoms with van der Waals surface area (Å²) in [6.45, 7) is 1.04. The number of ether oxygens (including phenoxy) is 2. The van der Waals surface area contributed by atoms with Gasteiger partial charge in [0.25, 0.3) is 0 Å². The van der Waals surface area contributed by atoms with Crippen molar-refractivity contribution in [2.24, 2.45) is 0 Å². The Labute approximate surface area is 126 Å². The first-order chi connectivity index (χ1) is 9.66. The third-order valence-electron chi connectivity index (χ3n) is 3.16. The van der Waals surface area contributed by atoms with Crippen molar-refractivity contribution in [3.8, 4) is 11.5 Å². The van der Waals surface area contributed by atoms with E-state index in [1.165, 1.54) is 0 Å². The van der Waals surface area contributed by atoms with Crippen LogP contribution in [-0.4, -0.2) is 18.3 Å². The quantitative estimate of drug-likeness (QED) is 0.915. The summed E-state index contributed by atoms with van der Waals surface area (Å²) in [5.41, 5.74) is 1.24. The maximum Gasteiger partial charge on any atom is 0.161 e. The van der Waals surface area contributed by atoms with Crippen LogP contribution in [0.1, 0.15) is 17.2 Å². The number of rotatable bonds is 2. The van der Waals surface area contributed by atoms with E-state index in [1.54, 1.807) is 36.4 Å². The van der Waals surface area contributed by atoms with Gasteiger partial charge in [-0.3, -0.25) is 0 Å². The van der Waals surface area contributed by atoms with Crippen molar-refractivity contribution < 1.29 is 14.6 Å². The van der Waals surface area contributed by atoms with Crippen molar-refractivity contribution in [3.05, 3.63) is 57.6 Å². The molecule has 3 rings (SSSR count). The van der Waals surface area contributed by atoms with E-state index in [9.17, 15) is 5.11 Å². The fraction of sp³-hybridized carbons (Fsp3) is 0.200. The highest BCUT2D eigenvalue weighted by Crippen LogP contribution is 2.37. The molecule has 104 valence electrons. The molecule has 0 spiro atoms. The van der Waals surface area contributed by atoms with Crippen LogP contribution in [-0.2, 0) is 0 Å². The molecule has 5 heteroatoms. The van der Waals surface area contributed by atoms with E-state index in [0.717, 1.165) is 0 Å². The second-order valence-corrected chi connectivity index (χ2v) is 5.23. The monoisotopic (exact) mass is 310 g/mol. The van der Waals surface area contributed by atoms with E-state index in [1.807, 2.05) is 0 Å². The molecule has 1 atom stereocenters. The number of hydrogen-bond donors (Lipinski definition) is 1. The SMILES string of the molecule is OC(c1ccc2c(c1)OCCO2)c1cccc(Cl)c1Cl. The number of fused-ring (bicyclic) bond motifs is 1. The van der Waals surface area contributed by atoms with Gasteiger partial charge in [-0.05, 0) is 23.8 Å². The van der Waals surface area contributed by atoms with E-state index >= 15 is 0 Å². The zero-order valence-corrected chi connectivity index (χ0v) is 12.0. The van der Waals surface area contributed by atoms with Gasteiger partial charge in [-0.15, -0.1) is 0 Å². The molecule has 0 aromatic heterocycles. The van der Waals surface area contributed by atoms with Crippen LogP contribution < -0.4 is 9.47 Å². The molecular formula is C15H12Cl2O3. The molecule has 0 saturated heterocycles. The van der Waals surface area contributed by atoms with Crippen molar-refractivity contribution in [2.75, 3.05) is 13.2 Å². The van der Waals surface area contributed by atoms with Gasteiger partial charge in [-0.2, -0.15) is 0 Å². The first-order valence-corrected chi connectivity index (χ1v) is 6.94.